The zero-order valence-corrected chi connectivity index (χ0v) is 11.5. The molecule has 21 heavy (non-hydrogen) atoms. The third-order valence-electron chi connectivity index (χ3n) is 3.29. The van der Waals surface area contributed by atoms with E-state index in [1.165, 1.54) is 0 Å². The maximum atomic E-state index is 10.5. The van der Waals surface area contributed by atoms with E-state index in [-0.39, 0.29) is 12.9 Å². The second-order valence-electron chi connectivity index (χ2n) is 4.72. The monoisotopic (exact) mass is 298 g/mol. The van der Waals surface area contributed by atoms with Crippen molar-refractivity contribution < 1.29 is 34.3 Å². The van der Waals surface area contributed by atoms with Crippen LogP contribution in [-0.4, -0.2) is 59.7 Å². The van der Waals surface area contributed by atoms with Gasteiger partial charge in [-0.15, -0.1) is 0 Å². The molecule has 5 atom stereocenters. The Labute approximate surface area is 121 Å². The Morgan fingerprint density at radius 2 is 2.00 bits per heavy atom. The molecule has 1 aliphatic rings. The molecule has 0 saturated carbocycles. The number of aliphatic hydroxyl groups is 3. The van der Waals surface area contributed by atoms with E-state index in [1.54, 1.807) is 31.4 Å². The highest BCUT2D eigenvalue weighted by Crippen LogP contribution is 2.29. The molecular weight excluding hydrogens is 280 g/mol. The number of methoxy groups -OCH3 is 1. The highest BCUT2D eigenvalue weighted by atomic mass is 16.7. The van der Waals surface area contributed by atoms with Crippen molar-refractivity contribution in [3.8, 4) is 5.75 Å². The minimum absolute atomic E-state index is 0.0794. The van der Waals surface area contributed by atoms with Gasteiger partial charge < -0.3 is 34.3 Å². The molecule has 0 radical (unpaired) electrons. The van der Waals surface area contributed by atoms with Crippen LogP contribution in [0.4, 0.5) is 0 Å². The second kappa shape index (κ2) is 6.97. The van der Waals surface area contributed by atoms with Crippen LogP contribution in [0, 0.1) is 0 Å². The summed E-state index contributed by atoms with van der Waals surface area (Å²) in [5.74, 6) is 0.669. The molecule has 1 aromatic rings. The van der Waals surface area contributed by atoms with Gasteiger partial charge in [-0.2, -0.15) is 0 Å². The Morgan fingerprint density at radius 3 is 2.57 bits per heavy atom. The van der Waals surface area contributed by atoms with E-state index in [1.807, 2.05) is 0 Å². The Balaban J connectivity index is 2.10. The minimum atomic E-state index is -1.63. The molecule has 0 bridgehead atoms. The average Bonchev–Trinajstić information content (AvgIpc) is 2.54. The Bertz CT molecular complexity index is 461. The third-order valence-corrected chi connectivity index (χ3v) is 3.29. The summed E-state index contributed by atoms with van der Waals surface area (Å²) in [4.78, 5) is 10.5. The van der Waals surface area contributed by atoms with E-state index in [2.05, 4.69) is 0 Å². The van der Waals surface area contributed by atoms with Gasteiger partial charge in [-0.3, -0.25) is 0 Å². The quantitative estimate of drug-likeness (QED) is 0.623. The molecule has 1 aromatic carbocycles. The Morgan fingerprint density at radius 1 is 1.33 bits per heavy atom. The summed E-state index contributed by atoms with van der Waals surface area (Å²) < 4.78 is 15.9. The van der Waals surface area contributed by atoms with Crippen LogP contribution >= 0.6 is 0 Å². The highest BCUT2D eigenvalue weighted by Gasteiger charge is 2.39. The van der Waals surface area contributed by atoms with Crippen molar-refractivity contribution in [2.45, 2.75) is 30.7 Å². The first-order valence-electron chi connectivity index (χ1n) is 6.47. The maximum Gasteiger partial charge on any atom is 0.184 e. The van der Waals surface area contributed by atoms with E-state index in [0.717, 1.165) is 0 Å². The first-order valence-corrected chi connectivity index (χ1v) is 6.47. The summed E-state index contributed by atoms with van der Waals surface area (Å²) in [6, 6.07) is 6.89. The van der Waals surface area contributed by atoms with Crippen LogP contribution < -0.4 is 4.74 Å². The fraction of sp³-hybridized carbons (Fsp3) is 0.500. The summed E-state index contributed by atoms with van der Waals surface area (Å²) in [6.45, 7) is -0.0794. The minimum Gasteiger partial charge on any atom is -0.497 e. The van der Waals surface area contributed by atoms with Gasteiger partial charge in [-0.05, 0) is 12.1 Å². The molecule has 1 aliphatic heterocycles. The van der Waals surface area contributed by atoms with Gasteiger partial charge >= 0.3 is 0 Å². The Hall–Kier alpha value is -1.51. The zero-order chi connectivity index (χ0) is 15.4. The van der Waals surface area contributed by atoms with Crippen LogP contribution in [0.25, 0.3) is 0 Å². The van der Waals surface area contributed by atoms with Gasteiger partial charge in [-0.1, -0.05) is 12.1 Å². The van der Waals surface area contributed by atoms with Crippen LogP contribution in [-0.2, 0) is 14.3 Å². The summed E-state index contributed by atoms with van der Waals surface area (Å²) >= 11 is 0. The number of ether oxygens (including phenoxy) is 3. The number of rotatable bonds is 5. The van der Waals surface area contributed by atoms with Gasteiger partial charge in [0.05, 0.1) is 13.7 Å². The number of aldehydes is 1. The lowest BCUT2D eigenvalue weighted by atomic mass is 10.0. The van der Waals surface area contributed by atoms with Gasteiger partial charge in [0.25, 0.3) is 0 Å². The largest absolute Gasteiger partial charge is 0.497 e. The second-order valence-corrected chi connectivity index (χ2v) is 4.72. The number of aliphatic hydroxyl groups excluding tert-OH is 3. The van der Waals surface area contributed by atoms with E-state index in [0.29, 0.717) is 11.3 Å². The molecule has 1 heterocycles. The van der Waals surface area contributed by atoms with Gasteiger partial charge in [0, 0.05) is 5.56 Å². The van der Waals surface area contributed by atoms with Gasteiger partial charge in [0.15, 0.2) is 12.6 Å². The van der Waals surface area contributed by atoms with Crippen molar-refractivity contribution in [1.82, 2.24) is 0 Å². The van der Waals surface area contributed by atoms with E-state index in [4.69, 9.17) is 14.2 Å². The number of benzene rings is 1. The highest BCUT2D eigenvalue weighted by molar-refractivity contribution is 5.56. The summed E-state index contributed by atoms with van der Waals surface area (Å²) in [5, 5.41) is 28.9. The maximum absolute atomic E-state index is 10.5. The van der Waals surface area contributed by atoms with Crippen LogP contribution in [0.1, 0.15) is 11.9 Å². The fourth-order valence-electron chi connectivity index (χ4n) is 2.07. The number of hydrogen-bond donors (Lipinski definition) is 3. The molecule has 0 aromatic heterocycles. The van der Waals surface area contributed by atoms with E-state index < -0.39 is 30.7 Å². The SMILES string of the molecule is COc1ccc(C2OC[C@@H](O)[C@H]([C@H](O)[C@@H](O)C=O)O2)cc1. The smallest absolute Gasteiger partial charge is 0.184 e. The van der Waals surface area contributed by atoms with Crippen molar-refractivity contribution in [2.75, 3.05) is 13.7 Å². The van der Waals surface area contributed by atoms with Crippen molar-refractivity contribution >= 4 is 6.29 Å². The molecule has 0 spiro atoms. The molecule has 1 fully saturated rings. The van der Waals surface area contributed by atoms with Crippen LogP contribution in [0.15, 0.2) is 24.3 Å². The van der Waals surface area contributed by atoms with Crippen molar-refractivity contribution in [3.05, 3.63) is 29.8 Å². The zero-order valence-electron chi connectivity index (χ0n) is 11.5. The number of carbonyl (C=O) groups excluding carboxylic acids is 1. The fourth-order valence-corrected chi connectivity index (χ4v) is 2.07. The van der Waals surface area contributed by atoms with Gasteiger partial charge in [0.2, 0.25) is 0 Å². The normalized spacial score (nSPS) is 28.7. The molecule has 1 unspecified atom stereocenters. The molecular formula is C14H18O7. The number of hydrogen-bond acceptors (Lipinski definition) is 7. The predicted molar refractivity (Wildman–Crippen MR) is 70.6 cm³/mol. The van der Waals surface area contributed by atoms with E-state index >= 15 is 0 Å². The first-order chi connectivity index (χ1) is 10.1. The standard InChI is InChI=1S/C14H18O7/c1-19-9-4-2-8(3-5-9)14-20-7-11(17)13(21-14)12(18)10(16)6-15/h2-6,10-14,16-18H,7H2,1H3/t10-,11+,12+,13+,14?/m0/s1. The molecule has 7 heteroatoms. The van der Waals surface area contributed by atoms with Crippen molar-refractivity contribution in [1.29, 1.82) is 0 Å². The molecule has 0 amide bonds. The predicted octanol–water partition coefficient (Wildman–Crippen LogP) is -0.609. The van der Waals surface area contributed by atoms with Crippen molar-refractivity contribution in [3.63, 3.8) is 0 Å². The summed E-state index contributed by atoms with van der Waals surface area (Å²) in [7, 11) is 1.55. The van der Waals surface area contributed by atoms with E-state index in [9.17, 15) is 20.1 Å². The van der Waals surface area contributed by atoms with Crippen LogP contribution in [0.3, 0.4) is 0 Å². The van der Waals surface area contributed by atoms with Gasteiger partial charge in [0.1, 0.15) is 30.2 Å². The Kier molecular flexibility index (Phi) is 5.27. The van der Waals surface area contributed by atoms with Crippen LogP contribution in [0.5, 0.6) is 5.75 Å². The molecule has 7 nitrogen and oxygen atoms in total. The average molecular weight is 298 g/mol. The summed E-state index contributed by atoms with van der Waals surface area (Å²) in [6.07, 6.45) is -6.02. The molecule has 116 valence electrons. The molecule has 2 rings (SSSR count). The lowest BCUT2D eigenvalue weighted by Crippen LogP contribution is -2.51. The first kappa shape index (κ1) is 15.9. The number of carbonyl (C=O) groups is 1. The molecule has 1 saturated heterocycles. The van der Waals surface area contributed by atoms with Gasteiger partial charge in [-0.25, -0.2) is 0 Å². The summed E-state index contributed by atoms with van der Waals surface area (Å²) in [5.41, 5.74) is 0.667. The third kappa shape index (κ3) is 3.58. The molecule has 0 aliphatic carbocycles. The van der Waals surface area contributed by atoms with Crippen molar-refractivity contribution in [2.24, 2.45) is 0 Å². The molecule has 3 N–H and O–H groups in total. The van der Waals surface area contributed by atoms with Crippen LogP contribution in [0.2, 0.25) is 0 Å². The lowest BCUT2D eigenvalue weighted by molar-refractivity contribution is -0.281. The lowest BCUT2D eigenvalue weighted by Gasteiger charge is -2.37. The topological polar surface area (TPSA) is 105 Å².